The van der Waals surface area contributed by atoms with Gasteiger partial charge in [-0.3, -0.25) is 4.99 Å². The molecular formula is C24H37IN4O3. The lowest BCUT2D eigenvalue weighted by Crippen LogP contribution is -2.36. The molecule has 0 aliphatic rings. The van der Waals surface area contributed by atoms with E-state index in [9.17, 15) is 0 Å². The molecule has 0 heterocycles. The molecule has 0 aromatic heterocycles. The van der Waals surface area contributed by atoms with E-state index in [2.05, 4.69) is 70.3 Å². The molecule has 0 amide bonds. The molecule has 2 aromatic rings. The normalized spacial score (nSPS) is 10.9. The van der Waals surface area contributed by atoms with Crippen LogP contribution in [0, 0.1) is 6.92 Å². The Hall–Kier alpha value is -2.04. The minimum absolute atomic E-state index is 0. The van der Waals surface area contributed by atoms with E-state index in [4.69, 9.17) is 14.2 Å². The SMILES string of the molecule is CN=C(NCc1ccc(NCCOC)cc1)NCc1ccc(C)cc1OCCCOC.I. The van der Waals surface area contributed by atoms with Crippen LogP contribution in [-0.2, 0) is 22.6 Å². The Bertz CT molecular complexity index is 800. The number of methoxy groups -OCH3 is 2. The molecule has 0 radical (unpaired) electrons. The van der Waals surface area contributed by atoms with Crippen LogP contribution in [0.3, 0.4) is 0 Å². The highest BCUT2D eigenvalue weighted by Crippen LogP contribution is 2.20. The van der Waals surface area contributed by atoms with E-state index in [1.54, 1.807) is 21.3 Å². The fraction of sp³-hybridized carbons (Fsp3) is 0.458. The Morgan fingerprint density at radius 2 is 1.62 bits per heavy atom. The molecular weight excluding hydrogens is 519 g/mol. The zero-order valence-electron chi connectivity index (χ0n) is 19.6. The van der Waals surface area contributed by atoms with E-state index in [-0.39, 0.29) is 24.0 Å². The van der Waals surface area contributed by atoms with Gasteiger partial charge in [0.05, 0.1) is 13.2 Å². The van der Waals surface area contributed by atoms with Crippen molar-refractivity contribution in [2.75, 3.05) is 52.9 Å². The van der Waals surface area contributed by atoms with Gasteiger partial charge in [0.2, 0.25) is 0 Å². The largest absolute Gasteiger partial charge is 0.493 e. The summed E-state index contributed by atoms with van der Waals surface area (Å²) in [5.74, 6) is 1.64. The van der Waals surface area contributed by atoms with Crippen LogP contribution in [0.2, 0.25) is 0 Å². The van der Waals surface area contributed by atoms with Gasteiger partial charge in [0, 0.05) is 65.2 Å². The number of anilines is 1. The molecule has 32 heavy (non-hydrogen) atoms. The third-order valence-corrected chi connectivity index (χ3v) is 4.69. The molecule has 8 heteroatoms. The Balaban J connectivity index is 0.00000512. The number of hydrogen-bond donors (Lipinski definition) is 3. The standard InChI is InChI=1S/C24H36N4O3.HI/c1-19-6-9-21(23(16-19)31-14-5-13-29-3)18-28-24(25-2)27-17-20-7-10-22(11-8-20)26-12-15-30-4;/h6-11,16,26H,5,12-15,17-18H2,1-4H3,(H2,25,27,28);1H. The predicted octanol–water partition coefficient (Wildman–Crippen LogP) is 3.95. The van der Waals surface area contributed by atoms with E-state index in [1.165, 1.54) is 11.1 Å². The number of benzene rings is 2. The van der Waals surface area contributed by atoms with Gasteiger partial charge in [-0.2, -0.15) is 0 Å². The summed E-state index contributed by atoms with van der Waals surface area (Å²) in [6, 6.07) is 14.6. The number of nitrogens with zero attached hydrogens (tertiary/aromatic N) is 1. The van der Waals surface area contributed by atoms with Gasteiger partial charge in [-0.25, -0.2) is 0 Å². The summed E-state index contributed by atoms with van der Waals surface area (Å²) in [7, 11) is 5.18. The van der Waals surface area contributed by atoms with Crippen LogP contribution in [0.4, 0.5) is 5.69 Å². The third kappa shape index (κ3) is 10.5. The molecule has 0 fully saturated rings. The van der Waals surface area contributed by atoms with Crippen LogP contribution in [0.15, 0.2) is 47.5 Å². The van der Waals surface area contributed by atoms with Crippen molar-refractivity contribution in [2.45, 2.75) is 26.4 Å². The summed E-state index contributed by atoms with van der Waals surface area (Å²) in [6.07, 6.45) is 0.862. The number of guanidine groups is 1. The molecule has 2 rings (SSSR count). The maximum atomic E-state index is 5.97. The number of rotatable bonds is 13. The zero-order valence-corrected chi connectivity index (χ0v) is 21.9. The zero-order chi connectivity index (χ0) is 22.3. The highest BCUT2D eigenvalue weighted by molar-refractivity contribution is 14.0. The van der Waals surface area contributed by atoms with E-state index in [0.717, 1.165) is 35.9 Å². The van der Waals surface area contributed by atoms with E-state index in [1.807, 2.05) is 0 Å². The van der Waals surface area contributed by atoms with Crippen LogP contribution < -0.4 is 20.7 Å². The monoisotopic (exact) mass is 556 g/mol. The number of halogens is 1. The number of aryl methyl sites for hydroxylation is 1. The molecule has 0 spiro atoms. The average molecular weight is 556 g/mol. The lowest BCUT2D eigenvalue weighted by Gasteiger charge is -2.16. The van der Waals surface area contributed by atoms with E-state index >= 15 is 0 Å². The summed E-state index contributed by atoms with van der Waals surface area (Å²) in [6.45, 7) is 6.19. The summed E-state index contributed by atoms with van der Waals surface area (Å²) in [5, 5.41) is 10.0. The molecule has 7 nitrogen and oxygen atoms in total. The Labute approximate surface area is 209 Å². The molecule has 0 saturated heterocycles. The van der Waals surface area contributed by atoms with Crippen molar-refractivity contribution >= 4 is 35.6 Å². The van der Waals surface area contributed by atoms with Gasteiger partial charge >= 0.3 is 0 Å². The summed E-state index contributed by atoms with van der Waals surface area (Å²) < 4.78 is 16.1. The second kappa shape index (κ2) is 16.6. The molecule has 0 unspecified atom stereocenters. The molecule has 0 bridgehead atoms. The van der Waals surface area contributed by atoms with Gasteiger partial charge in [0.1, 0.15) is 5.75 Å². The van der Waals surface area contributed by atoms with Crippen molar-refractivity contribution in [3.63, 3.8) is 0 Å². The minimum Gasteiger partial charge on any atom is -0.493 e. The van der Waals surface area contributed by atoms with Crippen molar-refractivity contribution in [3.05, 3.63) is 59.2 Å². The van der Waals surface area contributed by atoms with Gasteiger partial charge in [0.15, 0.2) is 5.96 Å². The van der Waals surface area contributed by atoms with E-state index < -0.39 is 0 Å². The van der Waals surface area contributed by atoms with Crippen LogP contribution in [0.25, 0.3) is 0 Å². The van der Waals surface area contributed by atoms with Gasteiger partial charge in [-0.05, 0) is 36.2 Å². The third-order valence-electron chi connectivity index (χ3n) is 4.69. The fourth-order valence-electron chi connectivity index (χ4n) is 2.95. The topological polar surface area (TPSA) is 76.1 Å². The van der Waals surface area contributed by atoms with Crippen molar-refractivity contribution in [2.24, 2.45) is 4.99 Å². The molecule has 2 aromatic carbocycles. The second-order valence-electron chi connectivity index (χ2n) is 7.20. The van der Waals surface area contributed by atoms with Crippen molar-refractivity contribution in [3.8, 4) is 5.75 Å². The van der Waals surface area contributed by atoms with Crippen molar-refractivity contribution in [1.82, 2.24) is 10.6 Å². The molecule has 0 aliphatic heterocycles. The minimum atomic E-state index is 0. The molecule has 3 N–H and O–H groups in total. The smallest absolute Gasteiger partial charge is 0.191 e. The molecule has 178 valence electrons. The lowest BCUT2D eigenvalue weighted by atomic mass is 10.1. The van der Waals surface area contributed by atoms with Gasteiger partial charge in [-0.1, -0.05) is 24.3 Å². The van der Waals surface area contributed by atoms with Crippen LogP contribution in [-0.4, -0.2) is 53.6 Å². The highest BCUT2D eigenvalue weighted by Gasteiger charge is 2.06. The van der Waals surface area contributed by atoms with E-state index in [0.29, 0.717) is 32.9 Å². The first-order valence-corrected chi connectivity index (χ1v) is 10.6. The molecule has 0 aliphatic carbocycles. The summed E-state index contributed by atoms with van der Waals surface area (Å²) >= 11 is 0. The van der Waals surface area contributed by atoms with Crippen LogP contribution in [0.5, 0.6) is 5.75 Å². The average Bonchev–Trinajstić information content (AvgIpc) is 2.79. The number of aliphatic imine (C=N–C) groups is 1. The Morgan fingerprint density at radius 3 is 2.31 bits per heavy atom. The maximum absolute atomic E-state index is 5.97. The van der Waals surface area contributed by atoms with Gasteiger partial charge in [-0.15, -0.1) is 24.0 Å². The fourth-order valence-corrected chi connectivity index (χ4v) is 2.95. The number of hydrogen-bond acceptors (Lipinski definition) is 5. The predicted molar refractivity (Wildman–Crippen MR) is 142 cm³/mol. The first kappa shape index (κ1) is 28.0. The van der Waals surface area contributed by atoms with Crippen molar-refractivity contribution in [1.29, 1.82) is 0 Å². The number of ether oxygens (including phenoxy) is 3. The lowest BCUT2D eigenvalue weighted by molar-refractivity contribution is 0.171. The Morgan fingerprint density at radius 1 is 0.906 bits per heavy atom. The van der Waals surface area contributed by atoms with Crippen molar-refractivity contribution < 1.29 is 14.2 Å². The first-order valence-electron chi connectivity index (χ1n) is 10.6. The quantitative estimate of drug-likeness (QED) is 0.150. The second-order valence-corrected chi connectivity index (χ2v) is 7.20. The summed E-state index contributed by atoms with van der Waals surface area (Å²) in [5.41, 5.74) is 4.53. The Kier molecular flexibility index (Phi) is 14.5. The van der Waals surface area contributed by atoms with Gasteiger partial charge < -0.3 is 30.2 Å². The first-order chi connectivity index (χ1) is 15.2. The maximum Gasteiger partial charge on any atom is 0.191 e. The highest BCUT2D eigenvalue weighted by atomic mass is 127. The molecule has 0 saturated carbocycles. The van der Waals surface area contributed by atoms with Gasteiger partial charge in [0.25, 0.3) is 0 Å². The molecule has 0 atom stereocenters. The van der Waals surface area contributed by atoms with Crippen LogP contribution >= 0.6 is 24.0 Å². The number of nitrogens with one attached hydrogen (secondary N) is 3. The summed E-state index contributed by atoms with van der Waals surface area (Å²) in [4.78, 5) is 4.33. The van der Waals surface area contributed by atoms with Crippen LogP contribution in [0.1, 0.15) is 23.1 Å².